The second kappa shape index (κ2) is 12.5. The van der Waals surface area contributed by atoms with Gasteiger partial charge < -0.3 is 25.2 Å². The van der Waals surface area contributed by atoms with Gasteiger partial charge in [0.2, 0.25) is 11.9 Å². The van der Waals surface area contributed by atoms with Crippen LogP contribution in [-0.4, -0.2) is 56.4 Å². The first kappa shape index (κ1) is 27.1. The molecule has 2 heterocycles. The van der Waals surface area contributed by atoms with Gasteiger partial charge in [-0.15, -0.1) is 0 Å². The topological polar surface area (TPSA) is 129 Å². The molecule has 1 saturated carbocycles. The zero-order valence-electron chi connectivity index (χ0n) is 22.1. The van der Waals surface area contributed by atoms with Gasteiger partial charge in [-0.2, -0.15) is 4.98 Å². The highest BCUT2D eigenvalue weighted by Crippen LogP contribution is 2.35. The van der Waals surface area contributed by atoms with Gasteiger partial charge in [0, 0.05) is 55.9 Å². The van der Waals surface area contributed by atoms with Crippen LogP contribution in [0.25, 0.3) is 11.0 Å². The highest BCUT2D eigenvalue weighted by Gasteiger charge is 2.26. The largest absolute Gasteiger partial charge is 0.481 e. The molecule has 202 valence electrons. The lowest BCUT2D eigenvalue weighted by molar-refractivity contribution is -0.137. The number of aromatic nitrogens is 3. The first-order valence-corrected chi connectivity index (χ1v) is 13.3. The molecule has 38 heavy (non-hydrogen) atoms. The summed E-state index contributed by atoms with van der Waals surface area (Å²) < 4.78 is 2.09. The molecule has 0 bridgehead atoms. The molecule has 0 spiro atoms. The van der Waals surface area contributed by atoms with Crippen LogP contribution in [0.1, 0.15) is 80.7 Å². The first-order valence-electron chi connectivity index (χ1n) is 13.3. The number of anilines is 3. The third-order valence-electron chi connectivity index (χ3n) is 6.86. The predicted molar refractivity (Wildman–Crippen MR) is 147 cm³/mol. The second-order valence-corrected chi connectivity index (χ2v) is 10.1. The number of nitrogens with one attached hydrogen (secondary N) is 2. The molecule has 0 unspecified atom stereocenters. The van der Waals surface area contributed by atoms with Gasteiger partial charge in [-0.1, -0.05) is 25.7 Å². The summed E-state index contributed by atoms with van der Waals surface area (Å²) in [5, 5.41) is 15.6. The maximum absolute atomic E-state index is 12.9. The Hall–Kier alpha value is -3.95. The van der Waals surface area contributed by atoms with Crippen molar-refractivity contribution < 1.29 is 19.5 Å². The fourth-order valence-electron chi connectivity index (χ4n) is 4.90. The molecule has 1 aromatic carbocycles. The Morgan fingerprint density at radius 3 is 2.32 bits per heavy atom. The molecule has 0 atom stereocenters. The number of unbranched alkanes of at least 4 members (excludes halogenated alkanes) is 3. The molecule has 0 aliphatic heterocycles. The number of carboxylic acids is 1. The predicted octanol–water partition coefficient (Wildman–Crippen LogP) is 5.36. The fraction of sp³-hybridized carbons (Fsp3) is 0.464. The van der Waals surface area contributed by atoms with Crippen molar-refractivity contribution in [2.24, 2.45) is 0 Å². The van der Waals surface area contributed by atoms with Crippen LogP contribution in [0.5, 0.6) is 0 Å². The fourth-order valence-corrected chi connectivity index (χ4v) is 4.90. The Bertz CT molecular complexity index is 1280. The molecular formula is C28H36N6O4. The SMILES string of the molecule is CN(C)C(=O)c1cc2cnc(Nc3ccc(NC(=O)CCCCCCC(=O)O)cc3)nc2n1C1CCCC1. The van der Waals surface area contributed by atoms with Crippen molar-refractivity contribution in [2.45, 2.75) is 70.3 Å². The molecule has 3 aromatic rings. The van der Waals surface area contributed by atoms with Crippen molar-refractivity contribution >= 4 is 46.1 Å². The van der Waals surface area contributed by atoms with Gasteiger partial charge in [0.05, 0.1) is 0 Å². The number of hydrogen-bond acceptors (Lipinski definition) is 6. The quantitative estimate of drug-likeness (QED) is 0.274. The van der Waals surface area contributed by atoms with Crippen molar-refractivity contribution in [2.75, 3.05) is 24.7 Å². The number of carbonyl (C=O) groups is 3. The lowest BCUT2D eigenvalue weighted by Gasteiger charge is -2.19. The third-order valence-corrected chi connectivity index (χ3v) is 6.86. The van der Waals surface area contributed by atoms with Gasteiger partial charge in [0.15, 0.2) is 0 Å². The number of rotatable bonds is 12. The van der Waals surface area contributed by atoms with E-state index in [2.05, 4.69) is 20.2 Å². The monoisotopic (exact) mass is 520 g/mol. The number of amides is 2. The van der Waals surface area contributed by atoms with Gasteiger partial charge in [-0.3, -0.25) is 14.4 Å². The average Bonchev–Trinajstić information content (AvgIpc) is 3.54. The number of benzene rings is 1. The molecule has 1 aliphatic carbocycles. The number of aliphatic carboxylic acids is 1. The van der Waals surface area contributed by atoms with Gasteiger partial charge >= 0.3 is 5.97 Å². The number of nitrogens with zero attached hydrogens (tertiary/aromatic N) is 4. The van der Waals surface area contributed by atoms with E-state index in [1.54, 1.807) is 25.2 Å². The molecule has 3 N–H and O–H groups in total. The smallest absolute Gasteiger partial charge is 0.303 e. The van der Waals surface area contributed by atoms with Crippen LogP contribution in [0, 0.1) is 0 Å². The van der Waals surface area contributed by atoms with Crippen LogP contribution < -0.4 is 10.6 Å². The molecule has 1 aliphatic rings. The van der Waals surface area contributed by atoms with E-state index in [9.17, 15) is 14.4 Å². The van der Waals surface area contributed by atoms with Crippen molar-refractivity contribution in [3.05, 3.63) is 42.2 Å². The van der Waals surface area contributed by atoms with E-state index in [0.717, 1.165) is 61.7 Å². The maximum Gasteiger partial charge on any atom is 0.303 e. The van der Waals surface area contributed by atoms with Crippen molar-refractivity contribution in [1.29, 1.82) is 0 Å². The number of fused-ring (bicyclic) bond motifs is 1. The second-order valence-electron chi connectivity index (χ2n) is 10.1. The van der Waals surface area contributed by atoms with E-state index >= 15 is 0 Å². The summed E-state index contributed by atoms with van der Waals surface area (Å²) in [4.78, 5) is 46.5. The Labute approximate surface area is 222 Å². The Morgan fingerprint density at radius 2 is 1.66 bits per heavy atom. The van der Waals surface area contributed by atoms with Crippen molar-refractivity contribution in [1.82, 2.24) is 19.4 Å². The molecule has 10 nitrogen and oxygen atoms in total. The van der Waals surface area contributed by atoms with E-state index in [-0.39, 0.29) is 24.3 Å². The average molecular weight is 521 g/mol. The summed E-state index contributed by atoms with van der Waals surface area (Å²) in [6.45, 7) is 0. The minimum Gasteiger partial charge on any atom is -0.481 e. The van der Waals surface area contributed by atoms with Crippen molar-refractivity contribution in [3.8, 4) is 0 Å². The Kier molecular flexibility index (Phi) is 8.93. The molecular weight excluding hydrogens is 484 g/mol. The molecule has 4 rings (SSSR count). The molecule has 0 radical (unpaired) electrons. The van der Waals surface area contributed by atoms with E-state index in [0.29, 0.717) is 30.2 Å². The molecule has 2 aromatic heterocycles. The number of carboxylic acid groups (broad SMARTS) is 1. The van der Waals surface area contributed by atoms with Crippen LogP contribution in [0.4, 0.5) is 17.3 Å². The lowest BCUT2D eigenvalue weighted by atomic mass is 10.1. The normalized spacial score (nSPS) is 13.5. The standard InChI is InChI=1S/C28H36N6O4/c1-33(2)27(38)23-17-19-18-29-28(32-26(19)34(23)22-9-7-8-10-22)31-21-15-13-20(14-16-21)30-24(35)11-5-3-4-6-12-25(36)37/h13-18,22H,3-12H2,1-2H3,(H,30,35)(H,36,37)(H,29,31,32). The molecule has 0 saturated heterocycles. The molecule has 1 fully saturated rings. The maximum atomic E-state index is 12.9. The van der Waals surface area contributed by atoms with E-state index < -0.39 is 5.97 Å². The highest BCUT2D eigenvalue weighted by atomic mass is 16.4. The van der Waals surface area contributed by atoms with Gasteiger partial charge in [-0.25, -0.2) is 4.98 Å². The first-order chi connectivity index (χ1) is 18.3. The summed E-state index contributed by atoms with van der Waals surface area (Å²) in [5.74, 6) is -0.441. The summed E-state index contributed by atoms with van der Waals surface area (Å²) in [5.41, 5.74) is 2.88. The summed E-state index contributed by atoms with van der Waals surface area (Å²) in [6.07, 6.45) is 9.70. The van der Waals surface area contributed by atoms with E-state index in [1.807, 2.05) is 30.3 Å². The summed E-state index contributed by atoms with van der Waals surface area (Å²) in [7, 11) is 3.52. The number of carbonyl (C=O) groups excluding carboxylic acids is 2. The summed E-state index contributed by atoms with van der Waals surface area (Å²) >= 11 is 0. The minimum absolute atomic E-state index is 0.0415. The van der Waals surface area contributed by atoms with Crippen LogP contribution in [0.3, 0.4) is 0 Å². The van der Waals surface area contributed by atoms with Crippen LogP contribution in [0.15, 0.2) is 36.5 Å². The third kappa shape index (κ3) is 6.87. The lowest BCUT2D eigenvalue weighted by Crippen LogP contribution is -2.25. The minimum atomic E-state index is -0.780. The Morgan fingerprint density at radius 1 is 1.00 bits per heavy atom. The highest BCUT2D eigenvalue weighted by molar-refractivity contribution is 5.98. The molecule has 2 amide bonds. The van der Waals surface area contributed by atoms with Gasteiger partial charge in [-0.05, 0) is 56.0 Å². The number of hydrogen-bond donors (Lipinski definition) is 3. The summed E-state index contributed by atoms with van der Waals surface area (Å²) in [6, 6.07) is 9.48. The van der Waals surface area contributed by atoms with Crippen LogP contribution in [0.2, 0.25) is 0 Å². The van der Waals surface area contributed by atoms with Gasteiger partial charge in [0.1, 0.15) is 11.3 Å². The zero-order chi connectivity index (χ0) is 27.1. The van der Waals surface area contributed by atoms with Crippen molar-refractivity contribution in [3.63, 3.8) is 0 Å². The zero-order valence-corrected chi connectivity index (χ0v) is 22.1. The Balaban J connectivity index is 1.39. The van der Waals surface area contributed by atoms with E-state index in [1.165, 1.54) is 0 Å². The van der Waals surface area contributed by atoms with E-state index in [4.69, 9.17) is 10.1 Å². The van der Waals surface area contributed by atoms with Crippen LogP contribution >= 0.6 is 0 Å². The van der Waals surface area contributed by atoms with Crippen LogP contribution in [-0.2, 0) is 9.59 Å². The molecule has 10 heteroatoms. The van der Waals surface area contributed by atoms with Gasteiger partial charge in [0.25, 0.3) is 5.91 Å².